The van der Waals surface area contributed by atoms with Crippen LogP contribution in [0.25, 0.3) is 11.3 Å². The van der Waals surface area contributed by atoms with E-state index in [1.54, 1.807) is 24.3 Å². The van der Waals surface area contributed by atoms with Crippen LogP contribution in [0.4, 0.5) is 14.5 Å². The molecule has 4 nitrogen and oxygen atoms in total. The number of nitrogens with one attached hydrogen (secondary N) is 1. The summed E-state index contributed by atoms with van der Waals surface area (Å²) in [5, 5.41) is 11.4. The number of halogens is 2. The van der Waals surface area contributed by atoms with Crippen molar-refractivity contribution in [1.29, 1.82) is 0 Å². The normalized spacial score (nSPS) is 10.5. The van der Waals surface area contributed by atoms with Crippen molar-refractivity contribution in [3.05, 3.63) is 72.3 Å². The van der Waals surface area contributed by atoms with Gasteiger partial charge in [0.1, 0.15) is 16.7 Å². The van der Waals surface area contributed by atoms with Crippen LogP contribution in [-0.4, -0.2) is 21.9 Å². The van der Waals surface area contributed by atoms with Crippen molar-refractivity contribution in [2.75, 3.05) is 11.1 Å². The van der Waals surface area contributed by atoms with Gasteiger partial charge in [-0.25, -0.2) is 8.78 Å². The van der Waals surface area contributed by atoms with Crippen molar-refractivity contribution in [2.45, 2.75) is 5.03 Å². The van der Waals surface area contributed by atoms with E-state index in [0.29, 0.717) is 16.4 Å². The molecule has 0 saturated heterocycles. The molecule has 0 saturated carbocycles. The minimum atomic E-state index is -0.358. The molecule has 7 heteroatoms. The molecular formula is C18H13F2N3OS. The first-order valence-corrected chi connectivity index (χ1v) is 8.36. The van der Waals surface area contributed by atoms with Gasteiger partial charge in [0.05, 0.1) is 11.4 Å². The fourth-order valence-electron chi connectivity index (χ4n) is 2.04. The Morgan fingerprint density at radius 2 is 1.52 bits per heavy atom. The Bertz CT molecular complexity index is 853. The largest absolute Gasteiger partial charge is 0.325 e. The van der Waals surface area contributed by atoms with Gasteiger partial charge in [-0.15, -0.1) is 10.2 Å². The van der Waals surface area contributed by atoms with Crippen molar-refractivity contribution in [2.24, 2.45) is 0 Å². The van der Waals surface area contributed by atoms with E-state index in [1.165, 1.54) is 48.2 Å². The summed E-state index contributed by atoms with van der Waals surface area (Å²) in [7, 11) is 0. The molecule has 0 unspecified atom stereocenters. The zero-order valence-electron chi connectivity index (χ0n) is 12.9. The Balaban J connectivity index is 1.55. The van der Waals surface area contributed by atoms with Crippen molar-refractivity contribution in [1.82, 2.24) is 10.2 Å². The van der Waals surface area contributed by atoms with Gasteiger partial charge < -0.3 is 5.32 Å². The van der Waals surface area contributed by atoms with Crippen LogP contribution >= 0.6 is 11.8 Å². The lowest BCUT2D eigenvalue weighted by Crippen LogP contribution is -2.14. The van der Waals surface area contributed by atoms with E-state index in [4.69, 9.17) is 0 Å². The van der Waals surface area contributed by atoms with E-state index < -0.39 is 0 Å². The van der Waals surface area contributed by atoms with Gasteiger partial charge >= 0.3 is 0 Å². The number of nitrogens with zero attached hydrogens (tertiary/aromatic N) is 2. The third kappa shape index (κ3) is 4.84. The summed E-state index contributed by atoms with van der Waals surface area (Å²) in [4.78, 5) is 11.9. The summed E-state index contributed by atoms with van der Waals surface area (Å²) in [6.07, 6.45) is 0. The molecule has 0 aliphatic heterocycles. The van der Waals surface area contributed by atoms with Crippen molar-refractivity contribution in [3.63, 3.8) is 0 Å². The van der Waals surface area contributed by atoms with Crippen LogP contribution in [0.3, 0.4) is 0 Å². The highest BCUT2D eigenvalue weighted by molar-refractivity contribution is 7.99. The van der Waals surface area contributed by atoms with Crippen molar-refractivity contribution >= 4 is 23.4 Å². The fraction of sp³-hybridized carbons (Fsp3) is 0.0556. The van der Waals surface area contributed by atoms with Crippen LogP contribution in [-0.2, 0) is 4.79 Å². The number of aromatic nitrogens is 2. The molecule has 0 bridgehead atoms. The minimum Gasteiger partial charge on any atom is -0.325 e. The quantitative estimate of drug-likeness (QED) is 0.697. The Morgan fingerprint density at radius 1 is 0.880 bits per heavy atom. The van der Waals surface area contributed by atoms with E-state index in [2.05, 4.69) is 15.5 Å². The number of benzene rings is 2. The molecule has 1 heterocycles. The fourth-order valence-corrected chi connectivity index (χ4v) is 2.66. The third-order valence-electron chi connectivity index (χ3n) is 3.26. The summed E-state index contributed by atoms with van der Waals surface area (Å²) >= 11 is 1.24. The summed E-state index contributed by atoms with van der Waals surface area (Å²) in [6, 6.07) is 15.0. The smallest absolute Gasteiger partial charge is 0.234 e. The first-order chi connectivity index (χ1) is 12.1. The topological polar surface area (TPSA) is 54.9 Å². The van der Waals surface area contributed by atoms with Crippen LogP contribution in [0.2, 0.25) is 0 Å². The molecule has 3 aromatic rings. The van der Waals surface area contributed by atoms with Gasteiger partial charge in [-0.2, -0.15) is 0 Å². The van der Waals surface area contributed by atoms with Gasteiger partial charge in [0.15, 0.2) is 0 Å². The summed E-state index contributed by atoms with van der Waals surface area (Å²) in [5.41, 5.74) is 1.92. The minimum absolute atomic E-state index is 0.155. The van der Waals surface area contributed by atoms with Gasteiger partial charge in [0, 0.05) is 11.3 Å². The standard InChI is InChI=1S/C18H13F2N3OS/c19-13-3-1-12(2-4-13)16-9-10-18(23-22-16)25-11-17(24)21-15-7-5-14(20)6-8-15/h1-10H,11H2,(H,21,24). The zero-order valence-corrected chi connectivity index (χ0v) is 13.8. The second-order valence-electron chi connectivity index (χ2n) is 5.11. The molecule has 0 atom stereocenters. The van der Waals surface area contributed by atoms with Gasteiger partial charge in [0.25, 0.3) is 0 Å². The molecule has 0 fully saturated rings. The Kier molecular flexibility index (Phi) is 5.35. The molecule has 0 spiro atoms. The summed E-state index contributed by atoms with van der Waals surface area (Å²) in [5.74, 6) is -0.733. The van der Waals surface area contributed by atoms with Crippen molar-refractivity contribution in [3.8, 4) is 11.3 Å². The monoisotopic (exact) mass is 357 g/mol. The van der Waals surface area contributed by atoms with Gasteiger partial charge in [0.2, 0.25) is 5.91 Å². The Hall–Kier alpha value is -2.80. The third-order valence-corrected chi connectivity index (χ3v) is 4.18. The number of amides is 1. The van der Waals surface area contributed by atoms with Crippen LogP contribution in [0, 0.1) is 11.6 Å². The predicted molar refractivity (Wildman–Crippen MR) is 93.2 cm³/mol. The number of hydrogen-bond acceptors (Lipinski definition) is 4. The number of carbonyl (C=O) groups is 1. The molecule has 1 aromatic heterocycles. The first kappa shape index (κ1) is 17.0. The predicted octanol–water partition coefficient (Wildman–Crippen LogP) is 4.15. The maximum Gasteiger partial charge on any atom is 0.234 e. The van der Waals surface area contributed by atoms with E-state index in [-0.39, 0.29) is 23.3 Å². The summed E-state index contributed by atoms with van der Waals surface area (Å²) in [6.45, 7) is 0. The summed E-state index contributed by atoms with van der Waals surface area (Å²) < 4.78 is 25.7. The van der Waals surface area contributed by atoms with Crippen LogP contribution < -0.4 is 5.32 Å². The number of rotatable bonds is 5. The molecule has 3 rings (SSSR count). The number of thioether (sulfide) groups is 1. The van der Waals surface area contributed by atoms with E-state index in [1.807, 2.05) is 0 Å². The molecule has 1 N–H and O–H groups in total. The zero-order chi connectivity index (χ0) is 17.6. The molecule has 0 aliphatic rings. The highest BCUT2D eigenvalue weighted by Gasteiger charge is 2.06. The second kappa shape index (κ2) is 7.85. The van der Waals surface area contributed by atoms with Gasteiger partial charge in [-0.3, -0.25) is 4.79 Å². The lowest BCUT2D eigenvalue weighted by molar-refractivity contribution is -0.113. The SMILES string of the molecule is O=C(CSc1ccc(-c2ccc(F)cc2)nn1)Nc1ccc(F)cc1. The van der Waals surface area contributed by atoms with E-state index >= 15 is 0 Å². The average molecular weight is 357 g/mol. The highest BCUT2D eigenvalue weighted by atomic mass is 32.2. The van der Waals surface area contributed by atoms with Crippen LogP contribution in [0.15, 0.2) is 65.7 Å². The molecule has 1 amide bonds. The van der Waals surface area contributed by atoms with E-state index in [9.17, 15) is 13.6 Å². The highest BCUT2D eigenvalue weighted by Crippen LogP contribution is 2.20. The average Bonchev–Trinajstić information content (AvgIpc) is 2.63. The number of anilines is 1. The molecule has 126 valence electrons. The van der Waals surface area contributed by atoms with Gasteiger partial charge in [-0.1, -0.05) is 11.8 Å². The molecule has 0 radical (unpaired) electrons. The van der Waals surface area contributed by atoms with Crippen LogP contribution in [0.1, 0.15) is 0 Å². The molecular weight excluding hydrogens is 344 g/mol. The molecule has 0 aliphatic carbocycles. The Morgan fingerprint density at radius 3 is 2.12 bits per heavy atom. The first-order valence-electron chi connectivity index (χ1n) is 7.38. The second-order valence-corrected chi connectivity index (χ2v) is 6.10. The molecule has 25 heavy (non-hydrogen) atoms. The lowest BCUT2D eigenvalue weighted by Gasteiger charge is -2.05. The maximum absolute atomic E-state index is 12.9. The maximum atomic E-state index is 12.9. The van der Waals surface area contributed by atoms with Crippen molar-refractivity contribution < 1.29 is 13.6 Å². The van der Waals surface area contributed by atoms with Crippen LogP contribution in [0.5, 0.6) is 0 Å². The van der Waals surface area contributed by atoms with E-state index in [0.717, 1.165) is 5.56 Å². The molecule has 2 aromatic carbocycles. The Labute approximate surface area is 147 Å². The number of hydrogen-bond donors (Lipinski definition) is 1. The lowest BCUT2D eigenvalue weighted by atomic mass is 10.1. The van der Waals surface area contributed by atoms with Gasteiger partial charge in [-0.05, 0) is 60.7 Å². The number of carbonyl (C=O) groups excluding carboxylic acids is 1.